The van der Waals surface area contributed by atoms with Gasteiger partial charge in [-0.1, -0.05) is 13.8 Å². The number of nitrogens with one attached hydrogen (secondary N) is 1. The van der Waals surface area contributed by atoms with Crippen molar-refractivity contribution in [3.8, 4) is 17.2 Å². The molecule has 2 rings (SSSR count). The van der Waals surface area contributed by atoms with Crippen LogP contribution in [0.15, 0.2) is 23.2 Å². The standard InChI is InChI=1S/C16H22N4O4S/c1-9(2)10-6-12(23-4)14(25(5,21)22)7-11(10)24-13-8-19-16(18-3)20-15(13)17/h6-9H,1-5H3,(H3,17,18,19,20). The van der Waals surface area contributed by atoms with E-state index in [4.69, 9.17) is 15.2 Å². The predicted octanol–water partition coefficient (Wildman–Crippen LogP) is 2.43. The van der Waals surface area contributed by atoms with Crippen LogP contribution in [0.1, 0.15) is 25.3 Å². The van der Waals surface area contributed by atoms with Crippen LogP contribution in [0.3, 0.4) is 0 Å². The first kappa shape index (κ1) is 18.8. The third-order valence-corrected chi connectivity index (χ3v) is 4.66. The minimum Gasteiger partial charge on any atom is -0.495 e. The van der Waals surface area contributed by atoms with Crippen LogP contribution in [0, 0.1) is 0 Å². The van der Waals surface area contributed by atoms with Crippen molar-refractivity contribution in [2.75, 3.05) is 31.5 Å². The van der Waals surface area contributed by atoms with E-state index in [1.807, 2.05) is 13.8 Å². The molecule has 3 N–H and O–H groups in total. The van der Waals surface area contributed by atoms with Gasteiger partial charge in [-0.05, 0) is 12.0 Å². The Morgan fingerprint density at radius 2 is 1.88 bits per heavy atom. The molecule has 0 bridgehead atoms. The highest BCUT2D eigenvalue weighted by atomic mass is 32.2. The molecule has 1 heterocycles. The summed E-state index contributed by atoms with van der Waals surface area (Å²) in [5.41, 5.74) is 6.67. The van der Waals surface area contributed by atoms with Crippen LogP contribution in [0.25, 0.3) is 0 Å². The van der Waals surface area contributed by atoms with Crippen molar-refractivity contribution in [2.24, 2.45) is 0 Å². The molecule has 0 spiro atoms. The van der Waals surface area contributed by atoms with Gasteiger partial charge < -0.3 is 20.5 Å². The van der Waals surface area contributed by atoms with E-state index in [9.17, 15) is 8.42 Å². The molecule has 0 amide bonds. The highest BCUT2D eigenvalue weighted by Crippen LogP contribution is 2.38. The number of methoxy groups -OCH3 is 1. The topological polar surface area (TPSA) is 116 Å². The fourth-order valence-electron chi connectivity index (χ4n) is 2.25. The van der Waals surface area contributed by atoms with Gasteiger partial charge in [0.2, 0.25) is 5.95 Å². The lowest BCUT2D eigenvalue weighted by Crippen LogP contribution is -2.06. The van der Waals surface area contributed by atoms with E-state index in [0.717, 1.165) is 11.8 Å². The third kappa shape index (κ3) is 4.11. The molecule has 2 aromatic rings. The minimum atomic E-state index is -3.50. The maximum absolute atomic E-state index is 12.1. The Balaban J connectivity index is 2.59. The number of hydrogen-bond donors (Lipinski definition) is 2. The van der Waals surface area contributed by atoms with E-state index >= 15 is 0 Å². The molecule has 0 saturated carbocycles. The van der Waals surface area contributed by atoms with Crippen molar-refractivity contribution in [1.82, 2.24) is 9.97 Å². The number of nitrogens with two attached hydrogens (primary N) is 1. The summed E-state index contributed by atoms with van der Waals surface area (Å²) in [6.07, 6.45) is 2.55. The largest absolute Gasteiger partial charge is 0.495 e. The van der Waals surface area contributed by atoms with Gasteiger partial charge >= 0.3 is 0 Å². The summed E-state index contributed by atoms with van der Waals surface area (Å²) in [6.45, 7) is 3.93. The summed E-state index contributed by atoms with van der Waals surface area (Å²) in [4.78, 5) is 8.16. The van der Waals surface area contributed by atoms with Gasteiger partial charge in [0.25, 0.3) is 0 Å². The van der Waals surface area contributed by atoms with Crippen molar-refractivity contribution in [2.45, 2.75) is 24.7 Å². The van der Waals surface area contributed by atoms with Gasteiger partial charge in [-0.15, -0.1) is 0 Å². The van der Waals surface area contributed by atoms with Gasteiger partial charge in [0.05, 0.1) is 13.3 Å². The number of aromatic nitrogens is 2. The second kappa shape index (κ2) is 7.14. The third-order valence-electron chi connectivity index (χ3n) is 3.54. The highest BCUT2D eigenvalue weighted by molar-refractivity contribution is 7.90. The Bertz CT molecular complexity index is 882. The van der Waals surface area contributed by atoms with Crippen LogP contribution >= 0.6 is 0 Å². The minimum absolute atomic E-state index is 0.0423. The first-order valence-electron chi connectivity index (χ1n) is 7.57. The molecule has 25 heavy (non-hydrogen) atoms. The van der Waals surface area contributed by atoms with Crippen molar-refractivity contribution < 1.29 is 17.9 Å². The number of rotatable bonds is 6. The normalized spacial score (nSPS) is 11.4. The van der Waals surface area contributed by atoms with Gasteiger partial charge in [-0.25, -0.2) is 13.4 Å². The van der Waals surface area contributed by atoms with E-state index in [1.54, 1.807) is 13.1 Å². The molecular weight excluding hydrogens is 344 g/mol. The lowest BCUT2D eigenvalue weighted by molar-refractivity contribution is 0.398. The van der Waals surface area contributed by atoms with Gasteiger partial charge in [0, 0.05) is 24.9 Å². The fraction of sp³-hybridized carbons (Fsp3) is 0.375. The summed E-state index contributed by atoms with van der Waals surface area (Å²) < 4.78 is 35.2. The molecule has 0 radical (unpaired) electrons. The first-order chi connectivity index (χ1) is 11.7. The number of nitrogen functional groups attached to an aromatic ring is 1. The molecule has 8 nitrogen and oxygen atoms in total. The molecule has 9 heteroatoms. The monoisotopic (exact) mass is 366 g/mol. The zero-order valence-corrected chi connectivity index (χ0v) is 15.6. The molecule has 0 atom stereocenters. The average Bonchev–Trinajstić information content (AvgIpc) is 2.55. The summed E-state index contributed by atoms with van der Waals surface area (Å²) in [5, 5.41) is 2.78. The van der Waals surface area contributed by atoms with Crippen molar-refractivity contribution in [3.05, 3.63) is 23.9 Å². The number of hydrogen-bond acceptors (Lipinski definition) is 8. The van der Waals surface area contributed by atoms with E-state index in [1.165, 1.54) is 19.4 Å². The van der Waals surface area contributed by atoms with Crippen LogP contribution in [0.2, 0.25) is 0 Å². The second-order valence-electron chi connectivity index (χ2n) is 5.76. The Hall–Kier alpha value is -2.55. The Morgan fingerprint density at radius 1 is 1.20 bits per heavy atom. The second-order valence-corrected chi connectivity index (χ2v) is 7.75. The quantitative estimate of drug-likeness (QED) is 0.800. The predicted molar refractivity (Wildman–Crippen MR) is 96.3 cm³/mol. The van der Waals surface area contributed by atoms with Crippen LogP contribution in [0.5, 0.6) is 17.2 Å². The first-order valence-corrected chi connectivity index (χ1v) is 9.46. The van der Waals surface area contributed by atoms with Crippen LogP contribution in [-0.2, 0) is 9.84 Å². The number of nitrogens with zero attached hydrogens (tertiary/aromatic N) is 2. The molecule has 0 fully saturated rings. The molecule has 1 aromatic carbocycles. The number of anilines is 2. The molecular formula is C16H22N4O4S. The lowest BCUT2D eigenvalue weighted by Gasteiger charge is -2.18. The number of sulfone groups is 1. The van der Waals surface area contributed by atoms with Crippen molar-refractivity contribution in [1.29, 1.82) is 0 Å². The van der Waals surface area contributed by atoms with E-state index < -0.39 is 9.84 Å². The molecule has 136 valence electrons. The summed E-state index contributed by atoms with van der Waals surface area (Å²) in [7, 11) is -0.399. The highest BCUT2D eigenvalue weighted by Gasteiger charge is 2.21. The smallest absolute Gasteiger partial charge is 0.224 e. The van der Waals surface area contributed by atoms with Gasteiger partial charge in [0.1, 0.15) is 16.4 Å². The fourth-order valence-corrected chi connectivity index (χ4v) is 3.08. The lowest BCUT2D eigenvalue weighted by atomic mass is 10.0. The van der Waals surface area contributed by atoms with Gasteiger partial charge in [0.15, 0.2) is 21.4 Å². The molecule has 0 aliphatic heterocycles. The molecule has 0 aliphatic carbocycles. The number of benzene rings is 1. The van der Waals surface area contributed by atoms with Crippen LogP contribution in [-0.4, -0.2) is 38.8 Å². The van der Waals surface area contributed by atoms with E-state index in [2.05, 4.69) is 15.3 Å². The Kier molecular flexibility index (Phi) is 5.36. The molecule has 0 unspecified atom stereocenters. The zero-order chi connectivity index (χ0) is 18.8. The van der Waals surface area contributed by atoms with Gasteiger partial charge in [-0.3, -0.25) is 0 Å². The molecule has 0 saturated heterocycles. The maximum Gasteiger partial charge on any atom is 0.224 e. The van der Waals surface area contributed by atoms with Crippen LogP contribution in [0.4, 0.5) is 11.8 Å². The Morgan fingerprint density at radius 3 is 2.36 bits per heavy atom. The van der Waals surface area contributed by atoms with E-state index in [0.29, 0.717) is 11.7 Å². The number of ether oxygens (including phenoxy) is 2. The summed E-state index contributed by atoms with van der Waals surface area (Å²) >= 11 is 0. The van der Waals surface area contributed by atoms with E-state index in [-0.39, 0.29) is 28.1 Å². The maximum atomic E-state index is 12.1. The Labute approximate surface area is 147 Å². The zero-order valence-electron chi connectivity index (χ0n) is 14.8. The SMILES string of the molecule is CNc1ncc(Oc2cc(S(C)(=O)=O)c(OC)cc2C(C)C)c(N)n1. The summed E-state index contributed by atoms with van der Waals surface area (Å²) in [5.74, 6) is 1.45. The van der Waals surface area contributed by atoms with Crippen LogP contribution < -0.4 is 20.5 Å². The molecule has 0 aliphatic rings. The molecule has 1 aromatic heterocycles. The average molecular weight is 366 g/mol. The summed E-state index contributed by atoms with van der Waals surface area (Å²) in [6, 6.07) is 3.10. The van der Waals surface area contributed by atoms with Crippen molar-refractivity contribution in [3.63, 3.8) is 0 Å². The van der Waals surface area contributed by atoms with Gasteiger partial charge in [-0.2, -0.15) is 4.98 Å². The van der Waals surface area contributed by atoms with Crippen molar-refractivity contribution >= 4 is 21.6 Å².